The Hall–Kier alpha value is -3.34. The number of hydrogen-bond donors (Lipinski definition) is 0. The van der Waals surface area contributed by atoms with Gasteiger partial charge in [0.1, 0.15) is 12.4 Å². The van der Waals surface area contributed by atoms with E-state index in [-0.39, 0.29) is 23.2 Å². The Kier molecular flexibility index (Phi) is 6.64. The number of hydrogen-bond acceptors (Lipinski definition) is 6. The van der Waals surface area contributed by atoms with E-state index in [1.165, 1.54) is 0 Å². The van der Waals surface area contributed by atoms with Crippen molar-refractivity contribution in [1.82, 2.24) is 14.8 Å². The monoisotopic (exact) mass is 450 g/mol. The van der Waals surface area contributed by atoms with Gasteiger partial charge in [-0.2, -0.15) is 13.2 Å². The Morgan fingerprint density at radius 2 is 2.00 bits per heavy atom. The van der Waals surface area contributed by atoms with Crippen LogP contribution in [0.3, 0.4) is 0 Å². The summed E-state index contributed by atoms with van der Waals surface area (Å²) in [6.07, 6.45) is -3.09. The molecule has 162 valence electrons. The summed E-state index contributed by atoms with van der Waals surface area (Å²) in [5.41, 5.74) is -0.818. The van der Waals surface area contributed by atoms with Gasteiger partial charge in [-0.25, -0.2) is 0 Å². The highest BCUT2D eigenvalue weighted by molar-refractivity contribution is 7.99. The van der Waals surface area contributed by atoms with Crippen LogP contribution >= 0.6 is 11.8 Å². The first-order valence-electron chi connectivity index (χ1n) is 8.95. The minimum Gasteiger partial charge on any atom is -0.485 e. The van der Waals surface area contributed by atoms with E-state index < -0.39 is 22.4 Å². The molecule has 0 bridgehead atoms. The second kappa shape index (κ2) is 9.21. The van der Waals surface area contributed by atoms with Crippen molar-refractivity contribution < 1.29 is 22.8 Å². The summed E-state index contributed by atoms with van der Waals surface area (Å²) in [5, 5.41) is 19.7. The molecule has 1 heterocycles. The van der Waals surface area contributed by atoms with E-state index in [0.29, 0.717) is 17.6 Å². The molecule has 31 heavy (non-hydrogen) atoms. The van der Waals surface area contributed by atoms with Crippen LogP contribution in [0.1, 0.15) is 17.0 Å². The van der Waals surface area contributed by atoms with Crippen LogP contribution in [-0.4, -0.2) is 19.7 Å². The Bertz CT molecular complexity index is 1120. The Labute approximate surface area is 179 Å². The van der Waals surface area contributed by atoms with E-state index in [4.69, 9.17) is 4.74 Å². The number of aromatic nitrogens is 3. The molecule has 0 aliphatic heterocycles. The standard InChI is InChI=1S/C20H17F3N4O3S/c1-3-10-26-18(12-30-16-7-5-4-6-13(16)2)24-25-19(26)31-17-9-8-14(20(21,22)23)11-15(17)27(28)29/h3-9,11H,1,10,12H2,2H3. The minimum atomic E-state index is -4.68. The first-order valence-corrected chi connectivity index (χ1v) is 9.77. The molecule has 0 aliphatic rings. The van der Waals surface area contributed by atoms with Crippen molar-refractivity contribution in [3.05, 3.63) is 82.2 Å². The van der Waals surface area contributed by atoms with Gasteiger partial charge in [-0.15, -0.1) is 16.8 Å². The normalized spacial score (nSPS) is 11.4. The van der Waals surface area contributed by atoms with Crippen LogP contribution in [0.5, 0.6) is 5.75 Å². The average Bonchev–Trinajstić information content (AvgIpc) is 3.08. The van der Waals surface area contributed by atoms with Crippen molar-refractivity contribution >= 4 is 17.4 Å². The lowest BCUT2D eigenvalue weighted by Crippen LogP contribution is -2.08. The first-order chi connectivity index (χ1) is 14.7. The summed E-state index contributed by atoms with van der Waals surface area (Å²) in [6.45, 7) is 5.95. The summed E-state index contributed by atoms with van der Waals surface area (Å²) in [6, 6.07) is 9.79. The molecule has 0 unspecified atom stereocenters. The molecule has 7 nitrogen and oxygen atoms in total. The van der Waals surface area contributed by atoms with Crippen molar-refractivity contribution in [3.8, 4) is 5.75 Å². The quantitative estimate of drug-likeness (QED) is 0.259. The number of aryl methyl sites for hydroxylation is 1. The van der Waals surface area contributed by atoms with E-state index in [1.807, 2.05) is 31.2 Å². The fourth-order valence-corrected chi connectivity index (χ4v) is 3.64. The lowest BCUT2D eigenvalue weighted by molar-refractivity contribution is -0.388. The number of ether oxygens (including phenoxy) is 1. The zero-order valence-electron chi connectivity index (χ0n) is 16.3. The number of rotatable bonds is 8. The van der Waals surface area contributed by atoms with Gasteiger partial charge in [-0.3, -0.25) is 14.7 Å². The zero-order chi connectivity index (χ0) is 22.6. The first kappa shape index (κ1) is 22.3. The molecule has 0 fully saturated rings. The molecular weight excluding hydrogens is 433 g/mol. The molecule has 3 rings (SSSR count). The maximum atomic E-state index is 12.9. The number of alkyl halides is 3. The van der Waals surface area contributed by atoms with Gasteiger partial charge in [0.15, 0.2) is 11.0 Å². The van der Waals surface area contributed by atoms with Crippen molar-refractivity contribution in [2.45, 2.75) is 36.3 Å². The van der Waals surface area contributed by atoms with E-state index in [9.17, 15) is 23.3 Å². The van der Waals surface area contributed by atoms with E-state index in [1.54, 1.807) is 10.6 Å². The molecule has 0 saturated heterocycles. The number of nitro benzene ring substituents is 1. The van der Waals surface area contributed by atoms with Crippen molar-refractivity contribution in [2.75, 3.05) is 0 Å². The number of para-hydroxylation sites is 1. The SMILES string of the molecule is C=CCn1c(COc2ccccc2C)nnc1Sc1ccc(C(F)(F)F)cc1[N+](=O)[O-]. The summed E-state index contributed by atoms with van der Waals surface area (Å²) >= 11 is 0.851. The summed E-state index contributed by atoms with van der Waals surface area (Å²) in [7, 11) is 0. The van der Waals surface area contributed by atoms with Crippen LogP contribution in [0, 0.1) is 17.0 Å². The Morgan fingerprint density at radius 3 is 2.65 bits per heavy atom. The molecule has 0 spiro atoms. The van der Waals surface area contributed by atoms with Gasteiger partial charge in [0.25, 0.3) is 5.69 Å². The fourth-order valence-electron chi connectivity index (χ4n) is 2.70. The number of nitro groups is 1. The molecule has 0 N–H and O–H groups in total. The van der Waals surface area contributed by atoms with Crippen molar-refractivity contribution in [2.24, 2.45) is 0 Å². The van der Waals surface area contributed by atoms with Crippen LogP contribution in [-0.2, 0) is 19.3 Å². The Balaban J connectivity index is 1.89. The third-order valence-corrected chi connectivity index (χ3v) is 5.29. The van der Waals surface area contributed by atoms with Gasteiger partial charge in [0, 0.05) is 12.6 Å². The number of allylic oxidation sites excluding steroid dienone is 1. The van der Waals surface area contributed by atoms with Gasteiger partial charge in [-0.05, 0) is 42.4 Å². The van der Waals surface area contributed by atoms with Crippen LogP contribution in [0.25, 0.3) is 0 Å². The van der Waals surface area contributed by atoms with E-state index >= 15 is 0 Å². The van der Waals surface area contributed by atoms with Gasteiger partial charge in [0.05, 0.1) is 15.4 Å². The van der Waals surface area contributed by atoms with Crippen LogP contribution < -0.4 is 4.74 Å². The predicted octanol–water partition coefficient (Wildman–Crippen LogP) is 5.43. The summed E-state index contributed by atoms with van der Waals surface area (Å²) in [4.78, 5) is 10.5. The van der Waals surface area contributed by atoms with Crippen molar-refractivity contribution in [1.29, 1.82) is 0 Å². The fraction of sp³-hybridized carbons (Fsp3) is 0.200. The summed E-state index contributed by atoms with van der Waals surface area (Å²) in [5.74, 6) is 1.11. The van der Waals surface area contributed by atoms with E-state index in [2.05, 4.69) is 16.8 Å². The molecule has 0 aliphatic carbocycles. The van der Waals surface area contributed by atoms with Gasteiger partial charge < -0.3 is 4.74 Å². The largest absolute Gasteiger partial charge is 0.485 e. The maximum Gasteiger partial charge on any atom is 0.416 e. The molecule has 11 heteroatoms. The topological polar surface area (TPSA) is 83.1 Å². The van der Waals surface area contributed by atoms with Gasteiger partial charge in [-0.1, -0.05) is 24.3 Å². The maximum absolute atomic E-state index is 12.9. The molecule has 3 aromatic rings. The predicted molar refractivity (Wildman–Crippen MR) is 108 cm³/mol. The number of benzene rings is 2. The highest BCUT2D eigenvalue weighted by Crippen LogP contribution is 2.39. The molecular formula is C20H17F3N4O3S. The lowest BCUT2D eigenvalue weighted by Gasteiger charge is -2.11. The van der Waals surface area contributed by atoms with Crippen LogP contribution in [0.2, 0.25) is 0 Å². The molecule has 1 aromatic heterocycles. The number of halogens is 3. The minimum absolute atomic E-state index is 0.0158. The third-order valence-electron chi connectivity index (χ3n) is 4.24. The molecule has 0 radical (unpaired) electrons. The van der Waals surface area contributed by atoms with Crippen molar-refractivity contribution in [3.63, 3.8) is 0 Å². The second-order valence-corrected chi connectivity index (χ2v) is 7.40. The lowest BCUT2D eigenvalue weighted by atomic mass is 10.2. The van der Waals surface area contributed by atoms with Gasteiger partial charge in [0.2, 0.25) is 0 Å². The summed E-state index contributed by atoms with van der Waals surface area (Å²) < 4.78 is 46.2. The van der Waals surface area contributed by atoms with Crippen LogP contribution in [0.15, 0.2) is 65.2 Å². The van der Waals surface area contributed by atoms with Gasteiger partial charge >= 0.3 is 6.18 Å². The zero-order valence-corrected chi connectivity index (χ0v) is 17.1. The highest BCUT2D eigenvalue weighted by atomic mass is 32.2. The molecule has 0 atom stereocenters. The smallest absolute Gasteiger partial charge is 0.416 e. The second-order valence-electron chi connectivity index (χ2n) is 6.39. The van der Waals surface area contributed by atoms with E-state index in [0.717, 1.165) is 29.5 Å². The third kappa shape index (κ3) is 5.23. The molecule has 2 aromatic carbocycles. The number of nitrogens with zero attached hydrogens (tertiary/aromatic N) is 4. The molecule has 0 saturated carbocycles. The highest BCUT2D eigenvalue weighted by Gasteiger charge is 2.33. The average molecular weight is 450 g/mol. The van der Waals surface area contributed by atoms with Crippen LogP contribution in [0.4, 0.5) is 18.9 Å². The Morgan fingerprint density at radius 1 is 1.26 bits per heavy atom. The molecule has 0 amide bonds.